The molecule has 2 amide bonds. The second-order valence-corrected chi connectivity index (χ2v) is 9.92. The first-order valence-electron chi connectivity index (χ1n) is 10.3. The fourth-order valence-corrected chi connectivity index (χ4v) is 7.08. The molecule has 148 valence electrons. The van der Waals surface area contributed by atoms with E-state index in [1.165, 1.54) is 4.90 Å². The van der Waals surface area contributed by atoms with Gasteiger partial charge in [-0.15, -0.1) is 0 Å². The third-order valence-electron chi connectivity index (χ3n) is 7.12. The first-order valence-corrected chi connectivity index (χ1v) is 11.1. The summed E-state index contributed by atoms with van der Waals surface area (Å²) < 4.78 is -0.696. The number of halogens is 1. The van der Waals surface area contributed by atoms with E-state index >= 15 is 0 Å². The largest absolute Gasteiger partial charge is 0.274 e. The monoisotopic (exact) mass is 457 g/mol. The van der Waals surface area contributed by atoms with E-state index in [2.05, 4.69) is 40.2 Å². The van der Waals surface area contributed by atoms with E-state index in [0.29, 0.717) is 5.69 Å². The quantitative estimate of drug-likeness (QED) is 0.371. The maximum Gasteiger partial charge on any atom is 0.239 e. The highest BCUT2D eigenvalue weighted by Crippen LogP contribution is 2.66. The number of carbonyl (C=O) groups excluding carboxylic acids is 2. The van der Waals surface area contributed by atoms with Crippen molar-refractivity contribution in [1.29, 1.82) is 0 Å². The minimum Gasteiger partial charge on any atom is -0.274 e. The van der Waals surface area contributed by atoms with Crippen LogP contribution in [0.5, 0.6) is 0 Å². The first kappa shape index (κ1) is 18.1. The number of nitrogens with zero attached hydrogens (tertiary/aromatic N) is 1. The van der Waals surface area contributed by atoms with Crippen LogP contribution in [0.15, 0.2) is 66.7 Å². The van der Waals surface area contributed by atoms with Crippen LogP contribution in [0.25, 0.3) is 0 Å². The van der Waals surface area contributed by atoms with Crippen molar-refractivity contribution in [1.82, 2.24) is 0 Å². The molecule has 0 N–H and O–H groups in total. The minimum atomic E-state index is -0.696. The molecule has 1 heterocycles. The average molecular weight is 458 g/mol. The molecule has 3 nitrogen and oxygen atoms in total. The Balaban J connectivity index is 1.63. The molecule has 4 aliphatic rings. The van der Waals surface area contributed by atoms with Crippen LogP contribution in [0.1, 0.15) is 39.3 Å². The van der Waals surface area contributed by atoms with Gasteiger partial charge in [0, 0.05) is 5.92 Å². The van der Waals surface area contributed by atoms with Crippen molar-refractivity contribution in [3.05, 3.63) is 100 Å². The molecule has 2 atom stereocenters. The summed E-state index contributed by atoms with van der Waals surface area (Å²) in [4.78, 5) is 29.2. The van der Waals surface area contributed by atoms with Crippen molar-refractivity contribution in [3.63, 3.8) is 0 Å². The molecule has 0 saturated carbocycles. The number of anilines is 1. The zero-order chi connectivity index (χ0) is 20.8. The van der Waals surface area contributed by atoms with Crippen molar-refractivity contribution in [3.8, 4) is 0 Å². The van der Waals surface area contributed by atoms with Crippen molar-refractivity contribution in [2.45, 2.75) is 24.1 Å². The number of alkyl halides is 1. The lowest BCUT2D eigenvalue weighted by Crippen LogP contribution is -2.50. The van der Waals surface area contributed by atoms with Crippen LogP contribution < -0.4 is 4.90 Å². The molecule has 7 rings (SSSR count). The van der Waals surface area contributed by atoms with E-state index < -0.39 is 16.2 Å². The van der Waals surface area contributed by atoms with Crippen molar-refractivity contribution in [2.24, 2.45) is 11.8 Å². The van der Waals surface area contributed by atoms with Crippen LogP contribution in [-0.4, -0.2) is 11.8 Å². The van der Waals surface area contributed by atoms with E-state index in [9.17, 15) is 9.59 Å². The van der Waals surface area contributed by atoms with Gasteiger partial charge in [-0.05, 0) is 53.3 Å². The number of amides is 2. The number of benzene rings is 3. The highest BCUT2D eigenvalue weighted by atomic mass is 79.9. The average Bonchev–Trinajstić information content (AvgIpc) is 3.02. The van der Waals surface area contributed by atoms with Crippen molar-refractivity contribution >= 4 is 33.4 Å². The Kier molecular flexibility index (Phi) is 3.57. The van der Waals surface area contributed by atoms with E-state index in [1.807, 2.05) is 56.3 Å². The summed E-state index contributed by atoms with van der Waals surface area (Å²) in [6.07, 6.45) is 0. The molecule has 4 heteroatoms. The third-order valence-corrected chi connectivity index (χ3v) is 8.47. The second-order valence-electron chi connectivity index (χ2n) is 8.67. The summed E-state index contributed by atoms with van der Waals surface area (Å²) in [6, 6.07) is 22.4. The van der Waals surface area contributed by atoms with Gasteiger partial charge in [0.1, 0.15) is 0 Å². The number of hydrogen-bond acceptors (Lipinski definition) is 2. The predicted octanol–water partition coefficient (Wildman–Crippen LogP) is 5.21. The van der Waals surface area contributed by atoms with Crippen LogP contribution in [-0.2, 0) is 13.9 Å². The number of rotatable bonds is 1. The van der Waals surface area contributed by atoms with E-state index in [1.54, 1.807) is 0 Å². The Hall–Kier alpha value is -2.72. The molecule has 1 saturated heterocycles. The van der Waals surface area contributed by atoms with Crippen LogP contribution in [0.2, 0.25) is 0 Å². The molecule has 0 radical (unpaired) electrons. The summed E-state index contributed by atoms with van der Waals surface area (Å²) in [5.74, 6) is -1.16. The maximum absolute atomic E-state index is 13.9. The van der Waals surface area contributed by atoms with Gasteiger partial charge in [-0.2, -0.15) is 0 Å². The van der Waals surface area contributed by atoms with Crippen LogP contribution in [0, 0.1) is 25.7 Å². The number of hydrogen-bond donors (Lipinski definition) is 0. The molecular formula is C26H20BrNO2. The normalized spacial score (nSPS) is 28.4. The minimum absolute atomic E-state index is 0.0865. The van der Waals surface area contributed by atoms with E-state index in [0.717, 1.165) is 33.4 Å². The van der Waals surface area contributed by atoms with Gasteiger partial charge in [0.15, 0.2) is 0 Å². The Morgan fingerprint density at radius 2 is 1.43 bits per heavy atom. The summed E-state index contributed by atoms with van der Waals surface area (Å²) >= 11 is 4.04. The molecule has 1 fully saturated rings. The molecule has 0 unspecified atom stereocenters. The second kappa shape index (κ2) is 5.92. The number of aryl methyl sites for hydroxylation is 2. The van der Waals surface area contributed by atoms with Crippen LogP contribution in [0.3, 0.4) is 0 Å². The molecule has 0 aromatic heterocycles. The third kappa shape index (κ3) is 2.00. The smallest absolute Gasteiger partial charge is 0.239 e. The molecule has 3 aromatic carbocycles. The zero-order valence-corrected chi connectivity index (χ0v) is 18.3. The molecular weight excluding hydrogens is 438 g/mol. The number of imide groups is 1. The highest BCUT2D eigenvalue weighted by molar-refractivity contribution is 9.09. The van der Waals surface area contributed by atoms with Gasteiger partial charge < -0.3 is 0 Å². The summed E-state index contributed by atoms with van der Waals surface area (Å²) in [5, 5.41) is 0. The lowest BCUT2D eigenvalue weighted by molar-refractivity contribution is -0.122. The van der Waals surface area contributed by atoms with Crippen LogP contribution >= 0.6 is 15.9 Å². The first-order chi connectivity index (χ1) is 14.4. The molecule has 3 aromatic rings. The fourth-order valence-electron chi connectivity index (χ4n) is 5.88. The zero-order valence-electron chi connectivity index (χ0n) is 16.7. The lowest BCUT2D eigenvalue weighted by Gasteiger charge is -2.51. The van der Waals surface area contributed by atoms with Gasteiger partial charge >= 0.3 is 0 Å². The van der Waals surface area contributed by atoms with Gasteiger partial charge in [-0.1, -0.05) is 76.6 Å². The van der Waals surface area contributed by atoms with E-state index in [-0.39, 0.29) is 17.7 Å². The summed E-state index contributed by atoms with van der Waals surface area (Å²) in [6.45, 7) is 3.95. The molecule has 2 bridgehead atoms. The topological polar surface area (TPSA) is 37.4 Å². The molecule has 30 heavy (non-hydrogen) atoms. The lowest BCUT2D eigenvalue weighted by atomic mass is 9.55. The Morgan fingerprint density at radius 3 is 2.07 bits per heavy atom. The predicted molar refractivity (Wildman–Crippen MR) is 120 cm³/mol. The van der Waals surface area contributed by atoms with Gasteiger partial charge in [-0.3, -0.25) is 9.59 Å². The highest BCUT2D eigenvalue weighted by Gasteiger charge is 2.67. The standard InChI is InChI=1S/C26H20BrNO2/c1-14-11-12-15(2)20(13-14)28-24(29)22-21-16-7-3-5-9-18(16)26(27,23(22)25(28)30)19-10-6-4-8-17(19)21/h3-13,21-23H,1-2H3/t21?,22-,23+,26?/m1/s1. The Labute approximate surface area is 183 Å². The van der Waals surface area contributed by atoms with Crippen LogP contribution in [0.4, 0.5) is 5.69 Å². The number of carbonyl (C=O) groups is 2. The SMILES string of the molecule is Cc1ccc(C)c(N2C(=O)[C@@H]3C4c5ccccc5C(Br)(c5ccccc54)[C@@H]3C2=O)c1. The van der Waals surface area contributed by atoms with Gasteiger partial charge in [0.2, 0.25) is 11.8 Å². The van der Waals surface area contributed by atoms with Gasteiger partial charge in [0.25, 0.3) is 0 Å². The maximum atomic E-state index is 13.9. The molecule has 3 aliphatic carbocycles. The van der Waals surface area contributed by atoms with Crippen molar-refractivity contribution in [2.75, 3.05) is 4.90 Å². The van der Waals surface area contributed by atoms with Gasteiger partial charge in [0.05, 0.1) is 21.8 Å². The molecule has 0 spiro atoms. The Morgan fingerprint density at radius 1 is 0.833 bits per heavy atom. The fraction of sp³-hybridized carbons (Fsp3) is 0.231. The Bertz CT molecular complexity index is 1220. The van der Waals surface area contributed by atoms with Crippen molar-refractivity contribution < 1.29 is 9.59 Å². The van der Waals surface area contributed by atoms with Gasteiger partial charge in [-0.25, -0.2) is 4.90 Å². The summed E-state index contributed by atoms with van der Waals surface area (Å²) in [7, 11) is 0. The summed E-state index contributed by atoms with van der Waals surface area (Å²) in [5.41, 5.74) is 7.21. The van der Waals surface area contributed by atoms with E-state index in [4.69, 9.17) is 0 Å². The molecule has 1 aliphatic heterocycles.